The molecule has 0 aliphatic carbocycles. The van der Waals surface area contributed by atoms with E-state index in [2.05, 4.69) is 4.98 Å². The number of morpholine rings is 1. The highest BCUT2D eigenvalue weighted by Gasteiger charge is 2.26. The monoisotopic (exact) mass is 240 g/mol. The number of pyridine rings is 1. The second-order valence-electron chi connectivity index (χ2n) is 3.32. The van der Waals surface area contributed by atoms with E-state index in [9.17, 15) is 9.59 Å². The van der Waals surface area contributed by atoms with Gasteiger partial charge in [0.1, 0.15) is 18.4 Å². The Morgan fingerprint density at radius 2 is 2.00 bits per heavy atom. The average Bonchev–Trinajstić information content (AvgIpc) is 2.24. The molecule has 0 radical (unpaired) electrons. The number of amides is 2. The SMILES string of the molecule is O=C1COCC(=O)N1Cc1cccc(Cl)n1. The van der Waals surface area contributed by atoms with Gasteiger partial charge in [0, 0.05) is 0 Å². The maximum absolute atomic E-state index is 11.4. The summed E-state index contributed by atoms with van der Waals surface area (Å²) in [5, 5.41) is 0.339. The van der Waals surface area contributed by atoms with Gasteiger partial charge in [0.2, 0.25) is 0 Å². The van der Waals surface area contributed by atoms with Crippen molar-refractivity contribution in [2.24, 2.45) is 0 Å². The molecule has 1 aliphatic rings. The van der Waals surface area contributed by atoms with E-state index in [4.69, 9.17) is 16.3 Å². The molecule has 6 heteroatoms. The third-order valence-electron chi connectivity index (χ3n) is 2.15. The van der Waals surface area contributed by atoms with E-state index in [-0.39, 0.29) is 31.6 Å². The Labute approximate surface area is 97.0 Å². The maximum atomic E-state index is 11.4. The van der Waals surface area contributed by atoms with Crippen molar-refractivity contribution in [3.8, 4) is 0 Å². The number of halogens is 1. The molecule has 1 aliphatic heterocycles. The van der Waals surface area contributed by atoms with Gasteiger partial charge in [-0.15, -0.1) is 0 Å². The molecule has 5 nitrogen and oxygen atoms in total. The third-order valence-corrected chi connectivity index (χ3v) is 2.36. The fourth-order valence-electron chi connectivity index (χ4n) is 1.40. The lowest BCUT2D eigenvalue weighted by molar-refractivity contribution is -0.159. The Hall–Kier alpha value is -1.46. The molecular weight excluding hydrogens is 232 g/mol. The van der Waals surface area contributed by atoms with Gasteiger partial charge in [-0.1, -0.05) is 17.7 Å². The second kappa shape index (κ2) is 4.59. The van der Waals surface area contributed by atoms with Crippen LogP contribution < -0.4 is 0 Å². The van der Waals surface area contributed by atoms with Crippen molar-refractivity contribution in [3.05, 3.63) is 29.0 Å². The highest BCUT2D eigenvalue weighted by atomic mass is 35.5. The van der Waals surface area contributed by atoms with Crippen LogP contribution in [0.25, 0.3) is 0 Å². The number of imide groups is 1. The van der Waals surface area contributed by atoms with E-state index in [1.165, 1.54) is 0 Å². The second-order valence-corrected chi connectivity index (χ2v) is 3.71. The van der Waals surface area contributed by atoms with E-state index in [0.717, 1.165) is 4.90 Å². The van der Waals surface area contributed by atoms with E-state index in [1.807, 2.05) is 0 Å². The zero-order valence-corrected chi connectivity index (χ0v) is 9.11. The quantitative estimate of drug-likeness (QED) is 0.562. The molecule has 0 bridgehead atoms. The number of ether oxygens (including phenoxy) is 1. The summed E-state index contributed by atoms with van der Waals surface area (Å²) in [7, 11) is 0. The minimum absolute atomic E-state index is 0.0632. The van der Waals surface area contributed by atoms with Crippen molar-refractivity contribution in [1.29, 1.82) is 0 Å². The van der Waals surface area contributed by atoms with Crippen LogP contribution in [0.15, 0.2) is 18.2 Å². The first-order valence-electron chi connectivity index (χ1n) is 4.69. The first kappa shape index (κ1) is 11.0. The van der Waals surface area contributed by atoms with Crippen LogP contribution in [0.5, 0.6) is 0 Å². The summed E-state index contributed by atoms with van der Waals surface area (Å²) >= 11 is 5.71. The first-order chi connectivity index (χ1) is 7.66. The van der Waals surface area contributed by atoms with Crippen molar-refractivity contribution >= 4 is 23.4 Å². The molecule has 0 unspecified atom stereocenters. The summed E-state index contributed by atoms with van der Waals surface area (Å²) in [6.07, 6.45) is 0. The number of aromatic nitrogens is 1. The van der Waals surface area contributed by atoms with Crippen LogP contribution in [0.2, 0.25) is 5.15 Å². The lowest BCUT2D eigenvalue weighted by Crippen LogP contribution is -2.45. The molecule has 16 heavy (non-hydrogen) atoms. The summed E-state index contributed by atoms with van der Waals surface area (Å²) in [6, 6.07) is 5.07. The van der Waals surface area contributed by atoms with E-state index in [0.29, 0.717) is 10.8 Å². The molecule has 1 fully saturated rings. The number of rotatable bonds is 2. The van der Waals surface area contributed by atoms with Crippen molar-refractivity contribution in [2.45, 2.75) is 6.54 Å². The van der Waals surface area contributed by atoms with Gasteiger partial charge in [0.15, 0.2) is 0 Å². The van der Waals surface area contributed by atoms with Crippen LogP contribution >= 0.6 is 11.6 Å². The van der Waals surface area contributed by atoms with Crippen molar-refractivity contribution in [3.63, 3.8) is 0 Å². The number of carbonyl (C=O) groups is 2. The zero-order valence-electron chi connectivity index (χ0n) is 8.35. The van der Waals surface area contributed by atoms with Crippen molar-refractivity contribution in [2.75, 3.05) is 13.2 Å². The number of hydrogen-bond acceptors (Lipinski definition) is 4. The van der Waals surface area contributed by atoms with Crippen LogP contribution in [0.1, 0.15) is 5.69 Å². The van der Waals surface area contributed by atoms with Gasteiger partial charge < -0.3 is 4.74 Å². The van der Waals surface area contributed by atoms with Gasteiger partial charge in [-0.3, -0.25) is 14.5 Å². The summed E-state index contributed by atoms with van der Waals surface area (Å²) in [6.45, 7) is 0.0141. The smallest absolute Gasteiger partial charge is 0.255 e. The highest BCUT2D eigenvalue weighted by molar-refractivity contribution is 6.29. The molecular formula is C10H9ClN2O3. The normalized spacial score (nSPS) is 16.7. The Kier molecular flexibility index (Phi) is 3.17. The van der Waals surface area contributed by atoms with Crippen LogP contribution in [0, 0.1) is 0 Å². The number of hydrogen-bond donors (Lipinski definition) is 0. The van der Waals surface area contributed by atoms with Gasteiger partial charge in [-0.05, 0) is 12.1 Å². The predicted molar refractivity (Wildman–Crippen MR) is 55.6 cm³/mol. The lowest BCUT2D eigenvalue weighted by Gasteiger charge is -2.24. The third kappa shape index (κ3) is 2.37. The molecule has 0 saturated carbocycles. The first-order valence-corrected chi connectivity index (χ1v) is 5.07. The average molecular weight is 241 g/mol. The summed E-state index contributed by atoms with van der Waals surface area (Å²) in [4.78, 5) is 28.0. The Bertz CT molecular complexity index is 420. The van der Waals surface area contributed by atoms with Gasteiger partial charge in [-0.25, -0.2) is 4.98 Å². The van der Waals surface area contributed by atoms with Gasteiger partial charge in [0.05, 0.1) is 12.2 Å². The van der Waals surface area contributed by atoms with E-state index < -0.39 is 0 Å². The Morgan fingerprint density at radius 3 is 2.62 bits per heavy atom. The molecule has 1 aromatic rings. The minimum Gasteiger partial charge on any atom is -0.362 e. The molecule has 0 aromatic carbocycles. The zero-order chi connectivity index (χ0) is 11.5. The molecule has 2 heterocycles. The molecule has 2 amide bonds. The lowest BCUT2D eigenvalue weighted by atomic mass is 10.3. The van der Waals surface area contributed by atoms with Crippen molar-refractivity contribution in [1.82, 2.24) is 9.88 Å². The summed E-state index contributed by atoms with van der Waals surface area (Å²) in [5.41, 5.74) is 0.580. The van der Waals surface area contributed by atoms with Crippen LogP contribution in [-0.2, 0) is 20.9 Å². The minimum atomic E-state index is -0.349. The van der Waals surface area contributed by atoms with Crippen LogP contribution in [0.4, 0.5) is 0 Å². The van der Waals surface area contributed by atoms with Gasteiger partial charge in [0.25, 0.3) is 11.8 Å². The standard InChI is InChI=1S/C10H9ClN2O3/c11-8-3-1-2-7(12-8)4-13-9(14)5-16-6-10(13)15/h1-3H,4-6H2. The molecule has 1 saturated heterocycles. The fourth-order valence-corrected chi connectivity index (χ4v) is 1.58. The number of nitrogens with zero attached hydrogens (tertiary/aromatic N) is 2. The molecule has 1 aromatic heterocycles. The molecule has 84 valence electrons. The largest absolute Gasteiger partial charge is 0.362 e. The van der Waals surface area contributed by atoms with E-state index >= 15 is 0 Å². The van der Waals surface area contributed by atoms with Gasteiger partial charge in [-0.2, -0.15) is 0 Å². The van der Waals surface area contributed by atoms with Crippen molar-refractivity contribution < 1.29 is 14.3 Å². The summed E-state index contributed by atoms with van der Waals surface area (Å²) < 4.78 is 4.80. The topological polar surface area (TPSA) is 59.5 Å². The molecule has 0 spiro atoms. The number of carbonyl (C=O) groups excluding carboxylic acids is 2. The Morgan fingerprint density at radius 1 is 1.31 bits per heavy atom. The fraction of sp³-hybridized carbons (Fsp3) is 0.300. The maximum Gasteiger partial charge on any atom is 0.255 e. The predicted octanol–water partition coefficient (Wildman–Crippen LogP) is 0.620. The highest BCUT2D eigenvalue weighted by Crippen LogP contribution is 2.10. The van der Waals surface area contributed by atoms with Gasteiger partial charge >= 0.3 is 0 Å². The van der Waals surface area contributed by atoms with Crippen LogP contribution in [0.3, 0.4) is 0 Å². The molecule has 0 N–H and O–H groups in total. The Balaban J connectivity index is 2.13. The molecule has 2 rings (SSSR count). The summed E-state index contributed by atoms with van der Waals surface area (Å²) in [5.74, 6) is -0.698. The van der Waals surface area contributed by atoms with E-state index in [1.54, 1.807) is 18.2 Å². The molecule has 0 atom stereocenters. The van der Waals surface area contributed by atoms with Crippen LogP contribution in [-0.4, -0.2) is 34.9 Å².